The van der Waals surface area contributed by atoms with E-state index in [1.54, 1.807) is 21.3 Å². The molecule has 4 nitrogen and oxygen atoms in total. The summed E-state index contributed by atoms with van der Waals surface area (Å²) in [5, 5.41) is 10.0. The second-order valence-electron chi connectivity index (χ2n) is 6.50. The minimum absolute atomic E-state index is 0.143. The Morgan fingerprint density at radius 2 is 2.10 bits per heavy atom. The normalized spacial score (nSPS) is 20.3. The maximum absolute atomic E-state index is 11.2. The van der Waals surface area contributed by atoms with Crippen molar-refractivity contribution in [1.29, 1.82) is 0 Å². The molecule has 1 N–H and O–H groups in total. The summed E-state index contributed by atoms with van der Waals surface area (Å²) in [6.45, 7) is 7.21. The maximum Gasteiger partial charge on any atom is 0.326 e. The number of allylic oxidation sites excluding steroid dienone is 2. The Morgan fingerprint density at radius 3 is 2.55 bits per heavy atom. The Balaban J connectivity index is 2.43. The molecule has 0 aliphatic heterocycles. The number of carbonyl (C=O) groups excluding carboxylic acids is 1. The predicted octanol–water partition coefficient (Wildman–Crippen LogP) is 2.42. The Kier molecular flexibility index (Phi) is 5.84. The van der Waals surface area contributed by atoms with E-state index in [1.165, 1.54) is 7.11 Å². The molecule has 1 aliphatic rings. The molecule has 1 unspecified atom stereocenters. The summed E-state index contributed by atoms with van der Waals surface area (Å²) >= 11 is 0. The lowest BCUT2D eigenvalue weighted by Gasteiger charge is -2.38. The van der Waals surface area contributed by atoms with Crippen LogP contribution in [0.2, 0.25) is 0 Å². The molecule has 1 atom stereocenters. The zero-order chi connectivity index (χ0) is 15.4. The average Bonchev–Trinajstić information content (AvgIpc) is 2.36. The van der Waals surface area contributed by atoms with Crippen molar-refractivity contribution < 1.29 is 19.3 Å². The monoisotopic (exact) mass is 281 g/mol. The minimum Gasteiger partial charge on any atom is -0.469 e. The molecule has 0 aromatic carbocycles. The Bertz CT molecular complexity index is 369. The van der Waals surface area contributed by atoms with E-state index in [1.807, 2.05) is 13.8 Å². The molecule has 0 fully saturated rings. The van der Waals surface area contributed by atoms with Gasteiger partial charge in [0, 0.05) is 6.42 Å². The fraction of sp³-hybridized carbons (Fsp3) is 0.800. The van der Waals surface area contributed by atoms with E-state index in [0.717, 1.165) is 24.7 Å². The fourth-order valence-corrected chi connectivity index (χ4v) is 1.89. The van der Waals surface area contributed by atoms with E-state index in [4.69, 9.17) is 4.65 Å². The van der Waals surface area contributed by atoms with Gasteiger partial charge in [-0.25, -0.2) is 0 Å². The second kappa shape index (κ2) is 6.77. The van der Waals surface area contributed by atoms with Crippen molar-refractivity contribution in [1.82, 2.24) is 0 Å². The Hall–Kier alpha value is -0.805. The van der Waals surface area contributed by atoms with Crippen LogP contribution < -0.4 is 0 Å². The highest BCUT2D eigenvalue weighted by Crippen LogP contribution is 2.29. The molecular weight excluding hydrogens is 255 g/mol. The molecule has 0 spiro atoms. The van der Waals surface area contributed by atoms with Crippen molar-refractivity contribution in [3.8, 4) is 0 Å². The van der Waals surface area contributed by atoms with Crippen LogP contribution in [0, 0.1) is 5.92 Å². The van der Waals surface area contributed by atoms with Gasteiger partial charge in [-0.2, -0.15) is 0 Å². The van der Waals surface area contributed by atoms with Gasteiger partial charge in [0.15, 0.2) is 0 Å². The van der Waals surface area contributed by atoms with Crippen LogP contribution in [0.1, 0.15) is 53.4 Å². The first-order valence-corrected chi connectivity index (χ1v) is 7.15. The minimum atomic E-state index is -0.911. The second-order valence-corrected chi connectivity index (χ2v) is 6.50. The van der Waals surface area contributed by atoms with Crippen molar-refractivity contribution in [2.24, 2.45) is 5.92 Å². The third kappa shape index (κ3) is 4.95. The largest absolute Gasteiger partial charge is 0.469 e. The molecule has 1 aliphatic carbocycles. The lowest BCUT2D eigenvalue weighted by Crippen LogP contribution is -2.48. The summed E-state index contributed by atoms with van der Waals surface area (Å²) in [4.78, 5) is 11.2. The van der Waals surface area contributed by atoms with Crippen molar-refractivity contribution in [3.63, 3.8) is 0 Å². The third-order valence-corrected chi connectivity index (χ3v) is 4.22. The number of hydrogen-bond donors (Lipinski definition) is 1. The number of esters is 1. The first-order chi connectivity index (χ1) is 9.15. The van der Waals surface area contributed by atoms with Gasteiger partial charge in [0.2, 0.25) is 0 Å². The highest BCUT2D eigenvalue weighted by molar-refractivity contribution is 6.38. The molecule has 0 saturated heterocycles. The summed E-state index contributed by atoms with van der Waals surface area (Å²) in [5.74, 6) is 0.220. The maximum atomic E-state index is 11.2. The van der Waals surface area contributed by atoms with Gasteiger partial charge in [-0.15, -0.1) is 0 Å². The fourth-order valence-electron chi connectivity index (χ4n) is 1.89. The molecule has 0 aromatic heterocycles. The third-order valence-electron chi connectivity index (χ3n) is 4.22. The van der Waals surface area contributed by atoms with Crippen molar-refractivity contribution in [2.75, 3.05) is 7.11 Å². The highest BCUT2D eigenvalue weighted by Gasteiger charge is 2.36. The van der Waals surface area contributed by atoms with Crippen LogP contribution >= 0.6 is 0 Å². The van der Waals surface area contributed by atoms with Crippen molar-refractivity contribution >= 4 is 13.5 Å². The zero-order valence-corrected chi connectivity index (χ0v) is 13.2. The number of ether oxygens (including phenoxy) is 1. The summed E-state index contributed by atoms with van der Waals surface area (Å²) in [6, 6.07) is 0. The molecule has 1 rings (SSSR count). The van der Waals surface area contributed by atoms with Crippen LogP contribution in [0.15, 0.2) is 11.5 Å². The van der Waals surface area contributed by atoms with E-state index in [-0.39, 0.29) is 5.97 Å². The highest BCUT2D eigenvalue weighted by atomic mass is 16.5. The topological polar surface area (TPSA) is 55.8 Å². The molecule has 0 amide bonds. The SMILES string of the molecule is COC(=O)CC1CC=C([B]OC(C)(C)C(C)(C)O)CC1. The summed E-state index contributed by atoms with van der Waals surface area (Å²) in [7, 11) is 3.17. The molecule has 5 heteroatoms. The number of carbonyl (C=O) groups is 1. The van der Waals surface area contributed by atoms with Crippen LogP contribution in [-0.4, -0.2) is 36.9 Å². The van der Waals surface area contributed by atoms with Gasteiger partial charge in [-0.3, -0.25) is 4.79 Å². The van der Waals surface area contributed by atoms with Gasteiger partial charge in [-0.05, 0) is 52.9 Å². The summed E-state index contributed by atoms with van der Waals surface area (Å²) < 4.78 is 10.4. The number of methoxy groups -OCH3 is 1. The van der Waals surface area contributed by atoms with E-state index < -0.39 is 11.2 Å². The molecule has 0 saturated carbocycles. The van der Waals surface area contributed by atoms with Gasteiger partial charge < -0.3 is 14.5 Å². The number of hydrogen-bond acceptors (Lipinski definition) is 4. The van der Waals surface area contributed by atoms with Crippen LogP contribution in [-0.2, 0) is 14.2 Å². The molecule has 1 radical (unpaired) electrons. The number of aliphatic hydroxyl groups is 1. The molecular formula is C15H26BO4. The number of rotatable bonds is 6. The smallest absolute Gasteiger partial charge is 0.326 e. The molecule has 113 valence electrons. The van der Waals surface area contributed by atoms with Gasteiger partial charge in [0.25, 0.3) is 0 Å². The van der Waals surface area contributed by atoms with Gasteiger partial charge in [0.05, 0.1) is 18.3 Å². The van der Waals surface area contributed by atoms with Crippen LogP contribution in [0.4, 0.5) is 0 Å². The van der Waals surface area contributed by atoms with Gasteiger partial charge in [-0.1, -0.05) is 11.5 Å². The van der Waals surface area contributed by atoms with Crippen molar-refractivity contribution in [2.45, 2.75) is 64.6 Å². The van der Waals surface area contributed by atoms with E-state index in [2.05, 4.69) is 10.8 Å². The van der Waals surface area contributed by atoms with Crippen LogP contribution in [0.25, 0.3) is 0 Å². The zero-order valence-electron chi connectivity index (χ0n) is 13.2. The molecule has 0 heterocycles. The van der Waals surface area contributed by atoms with Crippen LogP contribution in [0.3, 0.4) is 0 Å². The quantitative estimate of drug-likeness (QED) is 0.600. The van der Waals surface area contributed by atoms with E-state index in [9.17, 15) is 9.90 Å². The first kappa shape index (κ1) is 17.2. The van der Waals surface area contributed by atoms with E-state index >= 15 is 0 Å². The van der Waals surface area contributed by atoms with Crippen molar-refractivity contribution in [3.05, 3.63) is 11.5 Å². The standard InChI is InChI=1S/C15H26BO4/c1-14(2,18)15(3,4)20-16-12-8-6-11(7-9-12)10-13(17)19-5/h8,11,18H,6-7,9-10H2,1-5H3. The van der Waals surface area contributed by atoms with Gasteiger partial charge in [0.1, 0.15) is 0 Å². The first-order valence-electron chi connectivity index (χ1n) is 7.15. The summed E-state index contributed by atoms with van der Waals surface area (Å²) in [5.41, 5.74) is -0.425. The Labute approximate surface area is 122 Å². The van der Waals surface area contributed by atoms with E-state index in [0.29, 0.717) is 12.3 Å². The van der Waals surface area contributed by atoms with Gasteiger partial charge >= 0.3 is 13.5 Å². The average molecular weight is 281 g/mol. The predicted molar refractivity (Wildman–Crippen MR) is 79.3 cm³/mol. The Morgan fingerprint density at radius 1 is 1.45 bits per heavy atom. The summed E-state index contributed by atoms with van der Waals surface area (Å²) in [6.07, 6.45) is 5.31. The lowest BCUT2D eigenvalue weighted by atomic mass is 9.74. The molecule has 0 aromatic rings. The lowest BCUT2D eigenvalue weighted by molar-refractivity contribution is -0.141. The molecule has 20 heavy (non-hydrogen) atoms. The van der Waals surface area contributed by atoms with Crippen LogP contribution in [0.5, 0.6) is 0 Å². The molecule has 0 bridgehead atoms.